The van der Waals surface area contributed by atoms with Crippen molar-refractivity contribution < 1.29 is 17.9 Å². The average Bonchev–Trinajstić information content (AvgIpc) is 3.18. The summed E-state index contributed by atoms with van der Waals surface area (Å²) in [6.45, 7) is 1.96. The minimum absolute atomic E-state index is 0.0889. The molecule has 11 heteroatoms. The van der Waals surface area contributed by atoms with Gasteiger partial charge in [0.2, 0.25) is 5.91 Å². The Balaban J connectivity index is 1.42. The quantitative estimate of drug-likeness (QED) is 0.531. The molecule has 0 atom stereocenters. The van der Waals surface area contributed by atoms with Gasteiger partial charge in [0.25, 0.3) is 0 Å². The molecule has 0 aliphatic carbocycles. The van der Waals surface area contributed by atoms with Gasteiger partial charge in [0.05, 0.1) is 21.7 Å². The molecule has 7 nitrogen and oxygen atoms in total. The summed E-state index contributed by atoms with van der Waals surface area (Å²) in [6, 6.07) is 9.51. The van der Waals surface area contributed by atoms with Crippen molar-refractivity contribution >= 4 is 65.6 Å². The minimum atomic E-state index is -3.72. The van der Waals surface area contributed by atoms with Crippen molar-refractivity contribution in [1.82, 2.24) is 9.88 Å². The third-order valence-electron chi connectivity index (χ3n) is 5.05. The van der Waals surface area contributed by atoms with Gasteiger partial charge >= 0.3 is 0 Å². The lowest BCUT2D eigenvalue weighted by molar-refractivity contribution is -0.128. The molecule has 0 bridgehead atoms. The second kappa shape index (κ2) is 8.82. The fraction of sp³-hybridized carbons (Fsp3) is 0.300. The zero-order valence-corrected chi connectivity index (χ0v) is 19.7. The second-order valence-corrected chi connectivity index (χ2v) is 10.8. The van der Waals surface area contributed by atoms with Crippen LogP contribution in [0.2, 0.25) is 10.0 Å². The molecule has 1 amide bonds. The molecular formula is C20H19Cl2N3O4S2. The van der Waals surface area contributed by atoms with Gasteiger partial charge in [-0.05, 0) is 36.4 Å². The summed E-state index contributed by atoms with van der Waals surface area (Å²) in [4.78, 5) is 21.0. The first-order valence-electron chi connectivity index (χ1n) is 9.42. The van der Waals surface area contributed by atoms with E-state index in [0.717, 1.165) is 9.83 Å². The molecule has 0 spiro atoms. The lowest BCUT2D eigenvalue weighted by atomic mass is 10.3. The molecule has 2 aromatic carbocycles. The van der Waals surface area contributed by atoms with Crippen molar-refractivity contribution in [3.63, 3.8) is 0 Å². The summed E-state index contributed by atoms with van der Waals surface area (Å²) in [7, 11) is -2.16. The van der Waals surface area contributed by atoms with Crippen LogP contribution >= 0.6 is 34.5 Å². The molecule has 0 radical (unpaired) electrons. The molecule has 1 fully saturated rings. The molecule has 164 valence electrons. The number of anilines is 1. The standard InChI is InChI=1S/C20H19Cl2N3O4S2/c1-29-19-15(22)6-7-16-18(19)23-20(30-16)25-10-8-24(9-11-25)17(26)12-31(27,28)14-4-2-13(21)3-5-14/h2-7H,8-12H2,1H3. The number of hydrogen-bond donors (Lipinski definition) is 0. The maximum atomic E-state index is 12.6. The topological polar surface area (TPSA) is 79.8 Å². The highest BCUT2D eigenvalue weighted by molar-refractivity contribution is 7.92. The molecular weight excluding hydrogens is 481 g/mol. The van der Waals surface area contributed by atoms with Crippen molar-refractivity contribution in [3.8, 4) is 5.75 Å². The molecule has 1 saturated heterocycles. The number of carbonyl (C=O) groups excluding carboxylic acids is 1. The fourth-order valence-electron chi connectivity index (χ4n) is 3.39. The first-order valence-corrected chi connectivity index (χ1v) is 12.6. The molecule has 0 unspecified atom stereocenters. The van der Waals surface area contributed by atoms with E-state index in [9.17, 15) is 13.2 Å². The van der Waals surface area contributed by atoms with E-state index in [0.29, 0.717) is 47.5 Å². The molecule has 1 aromatic heterocycles. The lowest BCUT2D eigenvalue weighted by Gasteiger charge is -2.34. The third kappa shape index (κ3) is 4.59. The highest BCUT2D eigenvalue weighted by Crippen LogP contribution is 2.38. The summed E-state index contributed by atoms with van der Waals surface area (Å²) in [5.74, 6) is -0.430. The van der Waals surface area contributed by atoms with Crippen molar-refractivity contribution in [1.29, 1.82) is 0 Å². The molecule has 2 heterocycles. The number of carbonyl (C=O) groups is 1. The largest absolute Gasteiger partial charge is 0.493 e. The number of piperazine rings is 1. The predicted molar refractivity (Wildman–Crippen MR) is 123 cm³/mol. The number of hydrogen-bond acceptors (Lipinski definition) is 7. The van der Waals surface area contributed by atoms with Crippen LogP contribution in [-0.2, 0) is 14.6 Å². The molecule has 0 saturated carbocycles. The summed E-state index contributed by atoms with van der Waals surface area (Å²) >= 11 is 13.5. The van der Waals surface area contributed by atoms with Crippen LogP contribution < -0.4 is 9.64 Å². The fourth-order valence-corrected chi connectivity index (χ4v) is 5.99. The normalized spacial score (nSPS) is 14.8. The number of thiazole rings is 1. The number of nitrogens with zero attached hydrogens (tertiary/aromatic N) is 3. The minimum Gasteiger partial charge on any atom is -0.493 e. The van der Waals surface area contributed by atoms with Crippen LogP contribution in [0.3, 0.4) is 0 Å². The van der Waals surface area contributed by atoms with Gasteiger partial charge in [-0.3, -0.25) is 4.79 Å². The number of halogens is 2. The van der Waals surface area contributed by atoms with E-state index in [1.54, 1.807) is 18.1 Å². The SMILES string of the molecule is COc1c(Cl)ccc2sc(N3CCN(C(=O)CS(=O)(=O)c4ccc(Cl)cc4)CC3)nc12. The van der Waals surface area contributed by atoms with Crippen LogP contribution in [0.25, 0.3) is 10.2 Å². The Morgan fingerprint density at radius 1 is 1.10 bits per heavy atom. The Morgan fingerprint density at radius 3 is 2.42 bits per heavy atom. The van der Waals surface area contributed by atoms with E-state index in [2.05, 4.69) is 9.88 Å². The van der Waals surface area contributed by atoms with Crippen molar-refractivity contribution in [3.05, 3.63) is 46.4 Å². The van der Waals surface area contributed by atoms with Gasteiger partial charge in [0, 0.05) is 31.2 Å². The number of fused-ring (bicyclic) bond motifs is 1. The summed E-state index contributed by atoms with van der Waals surface area (Å²) in [6.07, 6.45) is 0. The Kier molecular flexibility index (Phi) is 6.30. The van der Waals surface area contributed by atoms with Crippen LogP contribution in [0.15, 0.2) is 41.3 Å². The van der Waals surface area contributed by atoms with Crippen LogP contribution in [0.1, 0.15) is 0 Å². The number of sulfone groups is 1. The van der Waals surface area contributed by atoms with Crippen LogP contribution in [0.5, 0.6) is 5.75 Å². The first-order chi connectivity index (χ1) is 14.8. The molecule has 31 heavy (non-hydrogen) atoms. The van der Waals surface area contributed by atoms with Gasteiger partial charge in [0.15, 0.2) is 20.7 Å². The maximum Gasteiger partial charge on any atom is 0.238 e. The van der Waals surface area contributed by atoms with Gasteiger partial charge in [-0.2, -0.15) is 0 Å². The number of aromatic nitrogens is 1. The highest BCUT2D eigenvalue weighted by Gasteiger charge is 2.27. The summed E-state index contributed by atoms with van der Waals surface area (Å²) in [5, 5.41) is 1.76. The highest BCUT2D eigenvalue weighted by atomic mass is 35.5. The predicted octanol–water partition coefficient (Wildman–Crippen LogP) is 3.73. The monoisotopic (exact) mass is 499 g/mol. The Morgan fingerprint density at radius 2 is 1.77 bits per heavy atom. The van der Waals surface area contributed by atoms with Gasteiger partial charge < -0.3 is 14.5 Å². The number of ether oxygens (including phenoxy) is 1. The summed E-state index contributed by atoms with van der Waals surface area (Å²) < 4.78 is 31.4. The van der Waals surface area contributed by atoms with Gasteiger partial charge in [-0.15, -0.1) is 0 Å². The van der Waals surface area contributed by atoms with Crippen LogP contribution in [-0.4, -0.2) is 63.3 Å². The maximum absolute atomic E-state index is 12.6. The van der Waals surface area contributed by atoms with Gasteiger partial charge in [-0.25, -0.2) is 13.4 Å². The van der Waals surface area contributed by atoms with Gasteiger partial charge in [0.1, 0.15) is 11.3 Å². The van der Waals surface area contributed by atoms with E-state index >= 15 is 0 Å². The molecule has 1 aliphatic heterocycles. The first kappa shape index (κ1) is 22.1. The molecule has 0 N–H and O–H groups in total. The van der Waals surface area contributed by atoms with Crippen molar-refractivity contribution in [2.75, 3.05) is 43.9 Å². The molecule has 4 rings (SSSR count). The molecule has 3 aromatic rings. The number of rotatable bonds is 5. The zero-order chi connectivity index (χ0) is 22.2. The number of benzene rings is 2. The third-order valence-corrected chi connectivity index (χ3v) is 8.30. The van der Waals surface area contributed by atoms with Gasteiger partial charge in [-0.1, -0.05) is 34.5 Å². The summed E-state index contributed by atoms with van der Waals surface area (Å²) in [5.41, 5.74) is 0.711. The van der Waals surface area contributed by atoms with Crippen LogP contribution in [0.4, 0.5) is 5.13 Å². The Labute approximate surface area is 194 Å². The second-order valence-electron chi connectivity index (χ2n) is 7.00. The van der Waals surface area contributed by atoms with E-state index in [-0.39, 0.29) is 4.90 Å². The number of methoxy groups -OCH3 is 1. The van der Waals surface area contributed by atoms with Crippen molar-refractivity contribution in [2.45, 2.75) is 4.90 Å². The van der Waals surface area contributed by atoms with E-state index in [4.69, 9.17) is 27.9 Å². The van der Waals surface area contributed by atoms with E-state index in [1.807, 2.05) is 6.07 Å². The van der Waals surface area contributed by atoms with E-state index in [1.165, 1.54) is 35.6 Å². The smallest absolute Gasteiger partial charge is 0.238 e. The van der Waals surface area contributed by atoms with Crippen molar-refractivity contribution in [2.24, 2.45) is 0 Å². The Bertz CT molecular complexity index is 1220. The molecule has 1 aliphatic rings. The van der Waals surface area contributed by atoms with Crippen LogP contribution in [0, 0.1) is 0 Å². The Hall–Kier alpha value is -2.07. The average molecular weight is 500 g/mol. The zero-order valence-electron chi connectivity index (χ0n) is 16.5. The lowest BCUT2D eigenvalue weighted by Crippen LogP contribution is -2.50. The number of amides is 1. The van der Waals surface area contributed by atoms with E-state index < -0.39 is 21.5 Å².